The number of rotatable bonds is 6. The molecule has 2 amide bonds. The Morgan fingerprint density at radius 3 is 2.65 bits per heavy atom. The van der Waals surface area contributed by atoms with Crippen molar-refractivity contribution in [3.63, 3.8) is 0 Å². The fraction of sp³-hybridized carbons (Fsp3) is 0.348. The number of nitrogens with zero attached hydrogens (tertiary/aromatic N) is 1. The second-order valence-corrected chi connectivity index (χ2v) is 9.31. The van der Waals surface area contributed by atoms with Gasteiger partial charge in [-0.1, -0.05) is 11.6 Å². The van der Waals surface area contributed by atoms with Gasteiger partial charge in [-0.25, -0.2) is 4.39 Å². The van der Waals surface area contributed by atoms with Gasteiger partial charge in [-0.2, -0.15) is 5.53 Å². The molecule has 11 heteroatoms. The molecule has 3 heterocycles. The van der Waals surface area contributed by atoms with Crippen LogP contribution in [0.5, 0.6) is 0 Å². The Labute approximate surface area is 200 Å². The molecule has 178 valence electrons. The van der Waals surface area contributed by atoms with Crippen molar-refractivity contribution in [3.8, 4) is 0 Å². The molecule has 2 aliphatic heterocycles. The van der Waals surface area contributed by atoms with E-state index >= 15 is 0 Å². The van der Waals surface area contributed by atoms with Crippen molar-refractivity contribution in [2.24, 2.45) is 0 Å². The van der Waals surface area contributed by atoms with Gasteiger partial charge in [-0.05, 0) is 62.8 Å². The van der Waals surface area contributed by atoms with E-state index in [2.05, 4.69) is 27.0 Å². The van der Waals surface area contributed by atoms with Crippen LogP contribution in [0.1, 0.15) is 56.9 Å². The van der Waals surface area contributed by atoms with Crippen molar-refractivity contribution in [1.82, 2.24) is 26.3 Å². The normalized spacial score (nSPS) is 17.4. The summed E-state index contributed by atoms with van der Waals surface area (Å²) in [5.74, 6) is -2.57. The van der Waals surface area contributed by atoms with Crippen molar-refractivity contribution in [3.05, 3.63) is 62.9 Å². The average molecular weight is 487 g/mol. The van der Waals surface area contributed by atoms with Crippen molar-refractivity contribution < 1.29 is 18.8 Å². The van der Waals surface area contributed by atoms with Crippen LogP contribution < -0.4 is 27.0 Å². The number of amides is 2. The van der Waals surface area contributed by atoms with E-state index in [0.717, 1.165) is 12.1 Å². The molecule has 1 aromatic heterocycles. The zero-order chi connectivity index (χ0) is 24.2. The number of benzene rings is 1. The van der Waals surface area contributed by atoms with Crippen LogP contribution in [0.3, 0.4) is 0 Å². The number of anilines is 1. The molecule has 9 nitrogen and oxygen atoms in total. The highest BCUT2D eigenvalue weighted by Crippen LogP contribution is 2.41. The highest BCUT2D eigenvalue weighted by Gasteiger charge is 2.50. The molecule has 34 heavy (non-hydrogen) atoms. The molecule has 1 aliphatic carbocycles. The van der Waals surface area contributed by atoms with Gasteiger partial charge in [0, 0.05) is 23.5 Å². The number of fused-ring (bicyclic) bond motifs is 1. The summed E-state index contributed by atoms with van der Waals surface area (Å²) in [4.78, 5) is 39.4. The van der Waals surface area contributed by atoms with E-state index in [4.69, 9.17) is 11.6 Å². The largest absolute Gasteiger partial charge is 0.340 e. The molecule has 2 aromatic rings. The fourth-order valence-electron chi connectivity index (χ4n) is 4.72. The van der Waals surface area contributed by atoms with E-state index in [9.17, 15) is 18.8 Å². The number of nitrogens with one attached hydrogen (secondary N) is 5. The Kier molecular flexibility index (Phi) is 5.37. The molecule has 1 saturated carbocycles. The maximum Gasteiger partial charge on any atom is 0.293 e. The van der Waals surface area contributed by atoms with Crippen molar-refractivity contribution in [2.75, 3.05) is 5.32 Å². The van der Waals surface area contributed by atoms with Gasteiger partial charge in [0.25, 0.3) is 17.6 Å². The number of hydrogen-bond acceptors (Lipinski definition) is 6. The number of halogens is 2. The Morgan fingerprint density at radius 2 is 1.97 bits per heavy atom. The number of Topliss-reactive ketones (excluding diaryl/α,β-unsaturated/α-hetero) is 1. The van der Waals surface area contributed by atoms with Crippen molar-refractivity contribution >= 4 is 34.9 Å². The molecule has 0 bridgehead atoms. The molecule has 1 aromatic carbocycles. The van der Waals surface area contributed by atoms with Crippen LogP contribution in [0.2, 0.25) is 5.02 Å². The lowest BCUT2D eigenvalue weighted by atomic mass is 10.0. The van der Waals surface area contributed by atoms with Crippen molar-refractivity contribution in [1.29, 1.82) is 0 Å². The summed E-state index contributed by atoms with van der Waals surface area (Å²) in [5.41, 5.74) is 10.6. The Hall–Kier alpha value is -3.37. The Morgan fingerprint density at radius 1 is 1.21 bits per heavy atom. The molecule has 1 fully saturated rings. The first-order valence-electron chi connectivity index (χ1n) is 11.0. The van der Waals surface area contributed by atoms with Gasteiger partial charge in [0.1, 0.15) is 11.5 Å². The van der Waals surface area contributed by atoms with Gasteiger partial charge in [0.15, 0.2) is 0 Å². The van der Waals surface area contributed by atoms with Gasteiger partial charge in [0.05, 0.1) is 22.5 Å². The molecule has 0 saturated heterocycles. The van der Waals surface area contributed by atoms with Crippen LogP contribution in [0.15, 0.2) is 24.0 Å². The molecule has 5 rings (SSSR count). The number of carbonyl (C=O) groups excluding carboxylic acids is 3. The number of ketones is 1. The van der Waals surface area contributed by atoms with Crippen LogP contribution in [-0.4, -0.2) is 27.7 Å². The van der Waals surface area contributed by atoms with E-state index in [0.29, 0.717) is 47.7 Å². The van der Waals surface area contributed by atoms with Gasteiger partial charge < -0.3 is 26.1 Å². The summed E-state index contributed by atoms with van der Waals surface area (Å²) in [5, 5.41) is 5.75. The molecule has 0 unspecified atom stereocenters. The molecule has 0 spiro atoms. The third-order valence-electron chi connectivity index (χ3n) is 6.66. The van der Waals surface area contributed by atoms with Crippen molar-refractivity contribution in [2.45, 2.75) is 51.6 Å². The predicted octanol–water partition coefficient (Wildman–Crippen LogP) is 2.38. The molecule has 3 aliphatic rings. The number of hydrogen-bond donors (Lipinski definition) is 5. The van der Waals surface area contributed by atoms with Crippen LogP contribution in [0.25, 0.3) is 0 Å². The van der Waals surface area contributed by atoms with Gasteiger partial charge in [0.2, 0.25) is 0 Å². The minimum absolute atomic E-state index is 0.0469. The summed E-state index contributed by atoms with van der Waals surface area (Å²) in [6.07, 6.45) is 4.43. The lowest BCUT2D eigenvalue weighted by Crippen LogP contribution is -2.46. The van der Waals surface area contributed by atoms with Gasteiger partial charge in [-0.3, -0.25) is 14.4 Å². The second-order valence-electron chi connectivity index (χ2n) is 8.90. The highest BCUT2D eigenvalue weighted by molar-refractivity contribution is 6.44. The third-order valence-corrected chi connectivity index (χ3v) is 7.07. The Balaban J connectivity index is 1.43. The first-order valence-corrected chi connectivity index (χ1v) is 11.4. The highest BCUT2D eigenvalue weighted by atomic mass is 35.5. The first-order chi connectivity index (χ1) is 16.2. The fourth-order valence-corrected chi connectivity index (χ4v) is 4.88. The minimum atomic E-state index is -0.723. The molecular weight excluding hydrogens is 463 g/mol. The van der Waals surface area contributed by atoms with Gasteiger partial charge >= 0.3 is 0 Å². The number of hydrazine groups is 2. The van der Waals surface area contributed by atoms with E-state index in [1.165, 1.54) is 12.1 Å². The quantitative estimate of drug-likeness (QED) is 0.316. The SMILES string of the molecule is Cc1cc(F)c(NC(=O)c2c(C)c(C(=O)C(=O)NC3(C4=CNNN4)CC3)c3n2CCC3)cc1Cl. The predicted molar refractivity (Wildman–Crippen MR) is 124 cm³/mol. The topological polar surface area (TPSA) is 116 Å². The third kappa shape index (κ3) is 3.63. The van der Waals surface area contributed by atoms with Crippen LogP contribution in [0, 0.1) is 19.7 Å². The molecular formula is C23H24ClFN6O3. The maximum atomic E-state index is 14.4. The first kappa shape index (κ1) is 22.4. The standard InChI is InChI=1S/C23H24ClFN6O3/c1-11-8-14(25)15(9-13(11)24)27-21(33)19-12(2)18(16-4-3-7-31(16)19)20(32)22(34)28-23(5-6-23)17-10-26-30-29-17/h8-10,26,29-30H,3-7H2,1-2H3,(H,27,33)(H,28,34). The van der Waals surface area contributed by atoms with Crippen LogP contribution in [-0.2, 0) is 17.8 Å². The van der Waals surface area contributed by atoms with Crippen LogP contribution in [0.4, 0.5) is 10.1 Å². The number of aromatic nitrogens is 1. The number of aryl methyl sites for hydroxylation is 1. The summed E-state index contributed by atoms with van der Waals surface area (Å²) < 4.78 is 16.2. The molecule has 0 radical (unpaired) electrons. The lowest BCUT2D eigenvalue weighted by molar-refractivity contribution is -0.117. The van der Waals surface area contributed by atoms with Gasteiger partial charge in [-0.15, -0.1) is 0 Å². The molecule has 5 N–H and O–H groups in total. The summed E-state index contributed by atoms with van der Waals surface area (Å²) in [6, 6.07) is 2.61. The summed E-state index contributed by atoms with van der Waals surface area (Å²) >= 11 is 6.10. The average Bonchev–Trinajstić information content (AvgIpc) is 3.14. The van der Waals surface area contributed by atoms with E-state index in [1.54, 1.807) is 24.6 Å². The zero-order valence-electron chi connectivity index (χ0n) is 18.7. The van der Waals surface area contributed by atoms with E-state index < -0.39 is 29.0 Å². The summed E-state index contributed by atoms with van der Waals surface area (Å²) in [6.45, 7) is 3.84. The van der Waals surface area contributed by atoms with E-state index in [-0.39, 0.29) is 16.9 Å². The summed E-state index contributed by atoms with van der Waals surface area (Å²) in [7, 11) is 0. The lowest BCUT2D eigenvalue weighted by Gasteiger charge is -2.18. The maximum absolute atomic E-state index is 14.4. The molecule has 0 atom stereocenters. The minimum Gasteiger partial charge on any atom is -0.340 e. The zero-order valence-corrected chi connectivity index (χ0v) is 19.5. The van der Waals surface area contributed by atoms with Crippen LogP contribution >= 0.6 is 11.6 Å². The number of carbonyl (C=O) groups is 3. The second kappa shape index (κ2) is 8.14. The monoisotopic (exact) mass is 486 g/mol. The smallest absolute Gasteiger partial charge is 0.293 e. The Bertz CT molecular complexity index is 1280. The van der Waals surface area contributed by atoms with E-state index in [1.807, 2.05) is 0 Å².